The van der Waals surface area contributed by atoms with E-state index in [0.29, 0.717) is 17.2 Å². The molecule has 2 aromatic carbocycles. The van der Waals surface area contributed by atoms with Gasteiger partial charge in [0.15, 0.2) is 6.61 Å². The van der Waals surface area contributed by atoms with Crippen molar-refractivity contribution in [3.63, 3.8) is 0 Å². The van der Waals surface area contributed by atoms with Gasteiger partial charge in [-0.3, -0.25) is 4.79 Å². The third-order valence-corrected chi connectivity index (χ3v) is 4.99. The zero-order valence-electron chi connectivity index (χ0n) is 15.1. The average molecular weight is 452 g/mol. The van der Waals surface area contributed by atoms with Crippen LogP contribution in [0.25, 0.3) is 0 Å². The van der Waals surface area contributed by atoms with E-state index in [1.165, 1.54) is 0 Å². The number of nitrogens with zero attached hydrogens (tertiary/aromatic N) is 1. The van der Waals surface area contributed by atoms with E-state index in [1.807, 2.05) is 32.0 Å². The number of amides is 1. The molecule has 27 heavy (non-hydrogen) atoms. The van der Waals surface area contributed by atoms with E-state index in [1.54, 1.807) is 18.2 Å². The Morgan fingerprint density at radius 3 is 2.74 bits per heavy atom. The zero-order valence-corrected chi connectivity index (χ0v) is 17.4. The van der Waals surface area contributed by atoms with Crippen LogP contribution in [0.3, 0.4) is 0 Å². The van der Waals surface area contributed by atoms with Crippen LogP contribution in [0, 0.1) is 11.3 Å². The van der Waals surface area contributed by atoms with Crippen LogP contribution in [0.15, 0.2) is 34.8 Å². The van der Waals surface area contributed by atoms with E-state index in [9.17, 15) is 9.90 Å². The third kappa shape index (κ3) is 5.88. The number of ether oxygens (including phenoxy) is 1. The minimum Gasteiger partial charge on any atom is -0.508 e. The molecule has 0 bridgehead atoms. The number of phenolic OH excluding ortho intramolecular Hbond substituents is 1. The summed E-state index contributed by atoms with van der Waals surface area (Å²) >= 11 is 9.92. The van der Waals surface area contributed by atoms with Crippen LogP contribution in [0.1, 0.15) is 36.5 Å². The molecule has 0 unspecified atom stereocenters. The number of nitriles is 1. The number of carbonyl (C=O) groups excluding carboxylic acids is 1. The van der Waals surface area contributed by atoms with Crippen molar-refractivity contribution >= 4 is 33.4 Å². The molecular formula is C20H20BrClN2O3. The lowest BCUT2D eigenvalue weighted by molar-refractivity contribution is -0.122. The number of hydrogen-bond donors (Lipinski definition) is 2. The zero-order chi connectivity index (χ0) is 20.0. The highest BCUT2D eigenvalue weighted by molar-refractivity contribution is 9.10. The fraction of sp³-hybridized carbons (Fsp3) is 0.300. The lowest BCUT2D eigenvalue weighted by atomic mass is 9.96. The van der Waals surface area contributed by atoms with Gasteiger partial charge in [0.05, 0.1) is 6.07 Å². The van der Waals surface area contributed by atoms with Gasteiger partial charge in [-0.1, -0.05) is 53.5 Å². The molecule has 0 atom stereocenters. The molecule has 0 aliphatic rings. The largest absolute Gasteiger partial charge is 0.508 e. The topological polar surface area (TPSA) is 82.3 Å². The maximum absolute atomic E-state index is 11.5. The van der Waals surface area contributed by atoms with Gasteiger partial charge in [0, 0.05) is 15.9 Å². The number of rotatable bonds is 7. The Morgan fingerprint density at radius 2 is 2.11 bits per heavy atom. The third-order valence-electron chi connectivity index (χ3n) is 3.94. The van der Waals surface area contributed by atoms with Crippen molar-refractivity contribution in [3.05, 3.63) is 56.5 Å². The summed E-state index contributed by atoms with van der Waals surface area (Å²) in [5.41, 5.74) is 2.81. The van der Waals surface area contributed by atoms with Crippen LogP contribution in [0.5, 0.6) is 11.5 Å². The van der Waals surface area contributed by atoms with Crippen molar-refractivity contribution in [2.24, 2.45) is 0 Å². The summed E-state index contributed by atoms with van der Waals surface area (Å²) in [6.07, 6.45) is 0.586. The van der Waals surface area contributed by atoms with E-state index in [-0.39, 0.29) is 30.7 Å². The summed E-state index contributed by atoms with van der Waals surface area (Å²) in [5, 5.41) is 21.3. The molecule has 0 fully saturated rings. The second kappa shape index (κ2) is 9.63. The van der Waals surface area contributed by atoms with Crippen molar-refractivity contribution in [1.82, 2.24) is 5.32 Å². The summed E-state index contributed by atoms with van der Waals surface area (Å²) < 4.78 is 6.19. The molecular weight excluding hydrogens is 432 g/mol. The summed E-state index contributed by atoms with van der Waals surface area (Å²) in [5.74, 6) is 0.582. The van der Waals surface area contributed by atoms with E-state index < -0.39 is 0 Å². The monoisotopic (exact) mass is 450 g/mol. The first-order chi connectivity index (χ1) is 12.8. The van der Waals surface area contributed by atoms with E-state index in [2.05, 4.69) is 21.2 Å². The van der Waals surface area contributed by atoms with Crippen molar-refractivity contribution in [1.29, 1.82) is 5.26 Å². The number of hydrogen-bond acceptors (Lipinski definition) is 4. The predicted molar refractivity (Wildman–Crippen MR) is 108 cm³/mol. The van der Waals surface area contributed by atoms with Crippen molar-refractivity contribution in [2.75, 3.05) is 13.2 Å². The molecule has 1 amide bonds. The van der Waals surface area contributed by atoms with E-state index >= 15 is 0 Å². The summed E-state index contributed by atoms with van der Waals surface area (Å²) in [6, 6.07) is 10.8. The first-order valence-electron chi connectivity index (χ1n) is 8.38. The minimum atomic E-state index is -0.377. The molecule has 0 aliphatic heterocycles. The molecule has 7 heteroatoms. The van der Waals surface area contributed by atoms with Gasteiger partial charge in [-0.25, -0.2) is 0 Å². The molecule has 142 valence electrons. The first-order valence-corrected chi connectivity index (χ1v) is 9.55. The molecule has 0 spiro atoms. The van der Waals surface area contributed by atoms with Crippen LogP contribution in [-0.4, -0.2) is 24.2 Å². The number of carbonyl (C=O) groups is 1. The summed E-state index contributed by atoms with van der Waals surface area (Å²) in [7, 11) is 0. The maximum atomic E-state index is 11.5. The summed E-state index contributed by atoms with van der Waals surface area (Å²) in [4.78, 5) is 11.5. The molecule has 0 saturated heterocycles. The van der Waals surface area contributed by atoms with Gasteiger partial charge in [-0.05, 0) is 40.8 Å². The normalized spacial score (nSPS) is 10.5. The quantitative estimate of drug-likeness (QED) is 0.605. The minimum absolute atomic E-state index is 0.0590. The molecule has 2 rings (SSSR count). The molecule has 2 aromatic rings. The first kappa shape index (κ1) is 21.1. The van der Waals surface area contributed by atoms with Gasteiger partial charge in [-0.2, -0.15) is 5.26 Å². The summed E-state index contributed by atoms with van der Waals surface area (Å²) in [6.45, 7) is 3.80. The van der Waals surface area contributed by atoms with Crippen LogP contribution in [0.4, 0.5) is 0 Å². The lowest BCUT2D eigenvalue weighted by Gasteiger charge is -2.14. The predicted octanol–water partition coefficient (Wildman–Crippen LogP) is 4.54. The number of benzene rings is 2. The Hall–Kier alpha value is -2.23. The van der Waals surface area contributed by atoms with Crippen LogP contribution in [-0.2, 0) is 11.2 Å². The number of aromatic hydroxyl groups is 1. The molecule has 5 nitrogen and oxygen atoms in total. The molecule has 0 aromatic heterocycles. The SMILES string of the molecule is CC(C)c1cc(Cc2c(Cl)cc(OCC(=O)NCC#N)cc2Br)ccc1O. The fourth-order valence-corrected chi connectivity index (χ4v) is 3.52. The highest BCUT2D eigenvalue weighted by atomic mass is 79.9. The van der Waals surface area contributed by atoms with Gasteiger partial charge in [-0.15, -0.1) is 0 Å². The maximum Gasteiger partial charge on any atom is 0.258 e. The van der Waals surface area contributed by atoms with Crippen LogP contribution in [0.2, 0.25) is 5.02 Å². The number of nitrogens with one attached hydrogen (secondary N) is 1. The van der Waals surface area contributed by atoms with E-state index in [0.717, 1.165) is 21.2 Å². The van der Waals surface area contributed by atoms with Gasteiger partial charge in [0.1, 0.15) is 18.0 Å². The molecule has 0 heterocycles. The van der Waals surface area contributed by atoms with Gasteiger partial charge >= 0.3 is 0 Å². The fourth-order valence-electron chi connectivity index (χ4n) is 2.55. The average Bonchev–Trinajstić information content (AvgIpc) is 2.62. The molecule has 0 aliphatic carbocycles. The Balaban J connectivity index is 2.14. The van der Waals surface area contributed by atoms with E-state index in [4.69, 9.17) is 21.6 Å². The van der Waals surface area contributed by atoms with Crippen LogP contribution >= 0.6 is 27.5 Å². The van der Waals surface area contributed by atoms with Crippen LogP contribution < -0.4 is 10.1 Å². The van der Waals surface area contributed by atoms with Gasteiger partial charge in [0.25, 0.3) is 5.91 Å². The van der Waals surface area contributed by atoms with Gasteiger partial charge in [0.2, 0.25) is 0 Å². The standard InChI is InChI=1S/C20H20BrClN2O3/c1-12(2)15-7-13(3-4-19(15)25)8-16-17(21)9-14(10-18(16)22)27-11-20(26)24-6-5-23/h3-4,7,9-10,12,25H,6,8,11H2,1-2H3,(H,24,26). The Kier molecular flexibility index (Phi) is 7.52. The van der Waals surface area contributed by atoms with Crippen molar-refractivity contribution in [3.8, 4) is 17.6 Å². The second-order valence-electron chi connectivity index (χ2n) is 6.31. The Labute approximate surface area is 172 Å². The Morgan fingerprint density at radius 1 is 1.37 bits per heavy atom. The second-order valence-corrected chi connectivity index (χ2v) is 7.58. The molecule has 0 saturated carbocycles. The smallest absolute Gasteiger partial charge is 0.258 e. The Bertz CT molecular complexity index is 855. The number of halogens is 2. The highest BCUT2D eigenvalue weighted by Crippen LogP contribution is 2.34. The molecule has 0 radical (unpaired) electrons. The van der Waals surface area contributed by atoms with Crippen molar-refractivity contribution < 1.29 is 14.6 Å². The van der Waals surface area contributed by atoms with Gasteiger partial charge < -0.3 is 15.2 Å². The highest BCUT2D eigenvalue weighted by Gasteiger charge is 2.13. The number of phenols is 1. The lowest BCUT2D eigenvalue weighted by Crippen LogP contribution is -2.29. The molecule has 2 N–H and O–H groups in total. The van der Waals surface area contributed by atoms with Crippen molar-refractivity contribution in [2.45, 2.75) is 26.2 Å².